The van der Waals surface area contributed by atoms with Gasteiger partial charge in [-0.3, -0.25) is 9.88 Å². The molecular weight excluding hydrogens is 508 g/mol. The first kappa shape index (κ1) is 26.1. The highest BCUT2D eigenvalue weighted by atomic mass is 19.1. The van der Waals surface area contributed by atoms with Gasteiger partial charge in [-0.05, 0) is 75.0 Å². The van der Waals surface area contributed by atoms with Crippen LogP contribution in [0.2, 0.25) is 0 Å². The highest BCUT2D eigenvalue weighted by molar-refractivity contribution is 5.92. The Morgan fingerprint density at radius 3 is 2.70 bits per heavy atom. The van der Waals surface area contributed by atoms with Crippen LogP contribution in [0, 0.1) is 24.6 Å². The third-order valence-electron chi connectivity index (χ3n) is 9.87. The largest absolute Gasteiger partial charge is 0.461 e. The first-order valence-electron chi connectivity index (χ1n) is 15.0. The highest BCUT2D eigenvalue weighted by Gasteiger charge is 2.49. The first-order valence-corrected chi connectivity index (χ1v) is 15.0. The number of pyridine rings is 1. The second-order valence-electron chi connectivity index (χ2n) is 13.1. The normalized spacial score (nSPS) is 28.1. The molecule has 2 aromatic heterocycles. The third-order valence-corrected chi connectivity index (χ3v) is 9.87. The maximum Gasteiger partial charge on any atom is 0.319 e. The van der Waals surface area contributed by atoms with Gasteiger partial charge in [0, 0.05) is 37.8 Å². The second-order valence-corrected chi connectivity index (χ2v) is 13.1. The standard InChI is InChI=1S/C32H39F2N5O/c1-19(2)24-8-5-20(3)11-25(24)28-27(34)29-26(14-35-28)30(38-15-21-6-7-22(12-21)16-38)37-31(36-29)40-18-32-9-4-10-39(32)17-23(33)13-32/h5,8,11,14,19,21-23H,4,6-7,9-10,12-13,15-18H2,1-3H3/t21?,22?,23-,32+/m1/s1. The Labute approximate surface area is 235 Å². The SMILES string of the molecule is Cc1ccc(C(C)C)c(-c2ncc3c(N4CC5CCC(C5)C4)nc(OC[C@@]45CCCN4C[C@H](F)C5)nc3c2F)c1. The summed E-state index contributed by atoms with van der Waals surface area (Å²) in [7, 11) is 0. The number of hydrogen-bond donors (Lipinski definition) is 0. The van der Waals surface area contributed by atoms with Crippen molar-refractivity contribution in [3.8, 4) is 17.3 Å². The number of alkyl halides is 1. The van der Waals surface area contributed by atoms with Crippen LogP contribution in [-0.2, 0) is 0 Å². The third kappa shape index (κ3) is 4.43. The van der Waals surface area contributed by atoms with Gasteiger partial charge in [-0.25, -0.2) is 8.78 Å². The van der Waals surface area contributed by atoms with Crippen molar-refractivity contribution >= 4 is 16.7 Å². The number of halogens is 2. The molecule has 3 saturated heterocycles. The predicted octanol–water partition coefficient (Wildman–Crippen LogP) is 6.45. The van der Waals surface area contributed by atoms with Crippen molar-refractivity contribution in [2.24, 2.45) is 11.8 Å². The van der Waals surface area contributed by atoms with Crippen LogP contribution < -0.4 is 9.64 Å². The minimum Gasteiger partial charge on any atom is -0.461 e. The van der Waals surface area contributed by atoms with Gasteiger partial charge in [0.05, 0.1) is 10.9 Å². The van der Waals surface area contributed by atoms with Crippen molar-refractivity contribution in [1.29, 1.82) is 0 Å². The molecule has 4 atom stereocenters. The molecule has 8 heteroatoms. The summed E-state index contributed by atoms with van der Waals surface area (Å²) in [5.41, 5.74) is 3.14. The molecule has 1 aromatic carbocycles. The Morgan fingerprint density at radius 2 is 1.93 bits per heavy atom. The fourth-order valence-electron chi connectivity index (χ4n) is 7.92. The van der Waals surface area contributed by atoms with E-state index in [4.69, 9.17) is 9.72 Å². The number of rotatable bonds is 6. The zero-order chi connectivity index (χ0) is 27.6. The molecule has 0 N–H and O–H groups in total. The van der Waals surface area contributed by atoms with E-state index in [1.54, 1.807) is 6.20 Å². The van der Waals surface area contributed by atoms with Gasteiger partial charge in [-0.15, -0.1) is 0 Å². The van der Waals surface area contributed by atoms with E-state index in [2.05, 4.69) is 45.7 Å². The quantitative estimate of drug-likeness (QED) is 0.353. The smallest absolute Gasteiger partial charge is 0.319 e. The molecule has 212 valence electrons. The van der Waals surface area contributed by atoms with Gasteiger partial charge in [0.15, 0.2) is 5.82 Å². The number of anilines is 1. The lowest BCUT2D eigenvalue weighted by Gasteiger charge is -2.34. The van der Waals surface area contributed by atoms with E-state index in [0.29, 0.717) is 48.3 Å². The van der Waals surface area contributed by atoms with Gasteiger partial charge >= 0.3 is 6.01 Å². The molecule has 1 aliphatic carbocycles. The fourth-order valence-corrected chi connectivity index (χ4v) is 7.92. The lowest BCUT2D eigenvalue weighted by Crippen LogP contribution is -2.43. The van der Waals surface area contributed by atoms with Gasteiger partial charge < -0.3 is 9.64 Å². The van der Waals surface area contributed by atoms with Crippen LogP contribution in [0.25, 0.3) is 22.2 Å². The average molecular weight is 548 g/mol. The molecule has 6 nitrogen and oxygen atoms in total. The summed E-state index contributed by atoms with van der Waals surface area (Å²) in [6.45, 7) is 9.72. The number of ether oxygens (including phenoxy) is 1. The van der Waals surface area contributed by atoms with Crippen molar-refractivity contribution in [3.05, 3.63) is 41.3 Å². The van der Waals surface area contributed by atoms with Gasteiger partial charge in [0.2, 0.25) is 0 Å². The van der Waals surface area contributed by atoms with Crippen LogP contribution in [0.1, 0.15) is 69.4 Å². The molecule has 0 spiro atoms. The predicted molar refractivity (Wildman–Crippen MR) is 153 cm³/mol. The molecule has 4 aliphatic rings. The Kier molecular flexibility index (Phi) is 6.45. The zero-order valence-corrected chi connectivity index (χ0v) is 23.8. The van der Waals surface area contributed by atoms with Crippen LogP contribution in [0.3, 0.4) is 0 Å². The number of piperidine rings is 1. The van der Waals surface area contributed by atoms with Gasteiger partial charge in [-0.2, -0.15) is 9.97 Å². The molecule has 2 unspecified atom stereocenters. The van der Waals surface area contributed by atoms with Crippen LogP contribution in [0.4, 0.5) is 14.6 Å². The van der Waals surface area contributed by atoms with E-state index in [1.165, 1.54) is 19.3 Å². The van der Waals surface area contributed by atoms with E-state index < -0.39 is 12.0 Å². The molecule has 5 heterocycles. The van der Waals surface area contributed by atoms with E-state index in [1.807, 2.05) is 13.0 Å². The molecule has 0 radical (unpaired) electrons. The van der Waals surface area contributed by atoms with E-state index in [0.717, 1.165) is 49.2 Å². The van der Waals surface area contributed by atoms with Crippen LogP contribution >= 0.6 is 0 Å². The zero-order valence-electron chi connectivity index (χ0n) is 23.8. The molecule has 3 aromatic rings. The molecule has 40 heavy (non-hydrogen) atoms. The maximum absolute atomic E-state index is 16.5. The van der Waals surface area contributed by atoms with Crippen molar-refractivity contribution in [2.45, 2.75) is 76.9 Å². The summed E-state index contributed by atoms with van der Waals surface area (Å²) < 4.78 is 37.2. The monoisotopic (exact) mass is 547 g/mol. The highest BCUT2D eigenvalue weighted by Crippen LogP contribution is 2.43. The molecule has 7 rings (SSSR count). The second kappa shape index (κ2) is 9.89. The van der Waals surface area contributed by atoms with Gasteiger partial charge in [0.1, 0.15) is 29.8 Å². The maximum atomic E-state index is 16.5. The van der Waals surface area contributed by atoms with Crippen molar-refractivity contribution in [2.75, 3.05) is 37.7 Å². The number of hydrogen-bond acceptors (Lipinski definition) is 6. The average Bonchev–Trinajstić information content (AvgIpc) is 3.57. The summed E-state index contributed by atoms with van der Waals surface area (Å²) in [5.74, 6) is 1.76. The number of benzene rings is 1. The Balaban J connectivity index is 1.32. The molecule has 2 bridgehead atoms. The molecule has 1 saturated carbocycles. The summed E-state index contributed by atoms with van der Waals surface area (Å²) in [6, 6.07) is 6.31. The van der Waals surface area contributed by atoms with Crippen LogP contribution in [0.5, 0.6) is 6.01 Å². The van der Waals surface area contributed by atoms with Crippen LogP contribution in [0.15, 0.2) is 24.4 Å². The molecule has 3 aliphatic heterocycles. The first-order chi connectivity index (χ1) is 19.3. The Bertz CT molecular complexity index is 1430. The number of fused-ring (bicyclic) bond motifs is 4. The van der Waals surface area contributed by atoms with E-state index in [-0.39, 0.29) is 23.0 Å². The number of nitrogens with zero attached hydrogens (tertiary/aromatic N) is 5. The minimum atomic E-state index is -0.837. The summed E-state index contributed by atoms with van der Waals surface area (Å²) in [5, 5.41) is 0.624. The lowest BCUT2D eigenvalue weighted by atomic mass is 9.93. The lowest BCUT2D eigenvalue weighted by molar-refractivity contribution is 0.107. The molecule has 0 amide bonds. The van der Waals surface area contributed by atoms with Gasteiger partial charge in [0.25, 0.3) is 0 Å². The molecular formula is C32H39F2N5O. The van der Waals surface area contributed by atoms with Gasteiger partial charge in [-0.1, -0.05) is 31.5 Å². The fraction of sp³-hybridized carbons (Fsp3) is 0.594. The topological polar surface area (TPSA) is 54.4 Å². The molecule has 4 fully saturated rings. The summed E-state index contributed by atoms with van der Waals surface area (Å²) in [4.78, 5) is 18.8. The van der Waals surface area contributed by atoms with Crippen molar-refractivity contribution in [3.63, 3.8) is 0 Å². The number of aryl methyl sites for hydroxylation is 1. The number of aromatic nitrogens is 3. The Morgan fingerprint density at radius 1 is 1.12 bits per heavy atom. The summed E-state index contributed by atoms with van der Waals surface area (Å²) >= 11 is 0. The van der Waals surface area contributed by atoms with E-state index >= 15 is 4.39 Å². The Hall–Kier alpha value is -2.87. The van der Waals surface area contributed by atoms with E-state index in [9.17, 15) is 4.39 Å². The van der Waals surface area contributed by atoms with Crippen molar-refractivity contribution in [1.82, 2.24) is 19.9 Å². The van der Waals surface area contributed by atoms with Crippen LogP contribution in [-0.4, -0.2) is 64.3 Å². The van der Waals surface area contributed by atoms with Crippen molar-refractivity contribution < 1.29 is 13.5 Å². The summed E-state index contributed by atoms with van der Waals surface area (Å²) in [6.07, 6.45) is 7.04. The minimum absolute atomic E-state index is 0.174.